The van der Waals surface area contributed by atoms with E-state index in [1.165, 1.54) is 4.90 Å². The molecule has 2 bridgehead atoms. The molecule has 3 aliphatic rings. The number of alkyl carbamates (subject to hydrolysis) is 1. The van der Waals surface area contributed by atoms with E-state index in [1.54, 1.807) is 20.8 Å². The van der Waals surface area contributed by atoms with E-state index in [4.69, 9.17) is 9.57 Å². The summed E-state index contributed by atoms with van der Waals surface area (Å²) < 4.78 is 5.08. The van der Waals surface area contributed by atoms with Crippen LogP contribution in [0.15, 0.2) is 0 Å². The van der Waals surface area contributed by atoms with Gasteiger partial charge in [0.15, 0.2) is 0 Å². The Morgan fingerprint density at radius 2 is 2.04 bits per heavy atom. The molecule has 4 amide bonds. The molecule has 2 atom stereocenters. The minimum Gasteiger partial charge on any atom is -0.444 e. The third-order valence-corrected chi connectivity index (χ3v) is 5.03. The Hall–Kier alpha value is -2.07. The monoisotopic (exact) mass is 370 g/mol. The van der Waals surface area contributed by atoms with Crippen LogP contribution < -0.4 is 10.8 Å². The number of carbonyl (C=O) groups is 3. The molecule has 1 aliphatic carbocycles. The van der Waals surface area contributed by atoms with Crippen molar-refractivity contribution in [2.45, 2.75) is 57.7 Å². The van der Waals surface area contributed by atoms with E-state index in [2.05, 4.69) is 10.8 Å². The fourth-order valence-corrected chi connectivity index (χ4v) is 3.59. The third kappa shape index (κ3) is 3.70. The molecule has 3 fully saturated rings. The first-order chi connectivity index (χ1) is 12.1. The Labute approximate surface area is 151 Å². The number of piperidine rings is 1. The third-order valence-electron chi connectivity index (χ3n) is 5.03. The summed E-state index contributed by atoms with van der Waals surface area (Å²) in [6.07, 6.45) is 1.76. The van der Waals surface area contributed by atoms with Gasteiger partial charge in [-0.2, -0.15) is 0 Å². The first-order valence-electron chi connectivity index (χ1n) is 8.80. The van der Waals surface area contributed by atoms with Crippen molar-refractivity contribution in [1.29, 1.82) is 0 Å². The number of urea groups is 1. The van der Waals surface area contributed by atoms with Gasteiger partial charge in [-0.1, -0.05) is 0 Å². The van der Waals surface area contributed by atoms with Gasteiger partial charge in [0.05, 0.1) is 12.6 Å². The largest absolute Gasteiger partial charge is 0.444 e. The summed E-state index contributed by atoms with van der Waals surface area (Å²) in [6.45, 7) is 5.87. The van der Waals surface area contributed by atoms with Crippen LogP contribution in [0.25, 0.3) is 0 Å². The molecule has 0 unspecified atom stereocenters. The highest BCUT2D eigenvalue weighted by Gasteiger charge is 2.63. The number of carbonyl (C=O) groups excluding carboxylic acids is 3. The van der Waals surface area contributed by atoms with E-state index in [9.17, 15) is 19.6 Å². The molecule has 2 aliphatic heterocycles. The molecule has 0 radical (unpaired) electrons. The molecular weight excluding hydrogens is 344 g/mol. The first-order valence-corrected chi connectivity index (χ1v) is 8.80. The smallest absolute Gasteiger partial charge is 0.407 e. The summed E-state index contributed by atoms with van der Waals surface area (Å²) in [5, 5.41) is 13.2. The van der Waals surface area contributed by atoms with E-state index in [-0.39, 0.29) is 24.6 Å². The van der Waals surface area contributed by atoms with Crippen LogP contribution in [-0.4, -0.2) is 70.6 Å². The maximum absolute atomic E-state index is 12.4. The first kappa shape index (κ1) is 18.7. The van der Waals surface area contributed by atoms with Crippen LogP contribution >= 0.6 is 0 Å². The lowest BCUT2D eigenvalue weighted by Gasteiger charge is -2.35. The molecule has 0 aromatic carbocycles. The Kier molecular flexibility index (Phi) is 4.74. The Morgan fingerprint density at radius 3 is 2.65 bits per heavy atom. The number of fused-ring (bicyclic) bond motifs is 3. The van der Waals surface area contributed by atoms with Gasteiger partial charge in [-0.15, -0.1) is 0 Å². The van der Waals surface area contributed by atoms with Crippen molar-refractivity contribution in [2.24, 2.45) is 5.41 Å². The number of hydroxylamine groups is 3. The molecule has 10 heteroatoms. The van der Waals surface area contributed by atoms with Gasteiger partial charge in [-0.3, -0.25) is 14.8 Å². The number of ether oxygens (including phenoxy) is 1. The SMILES string of the molecule is CC(C)(C)OC(=O)NCCONC(=O)[C@@H]1CC2(CC2)[C@@H]2CN1C(=O)N2O. The normalized spacial score (nSPS) is 26.1. The van der Waals surface area contributed by atoms with Crippen LogP contribution in [0, 0.1) is 5.41 Å². The summed E-state index contributed by atoms with van der Waals surface area (Å²) in [4.78, 5) is 42.5. The molecule has 3 rings (SSSR count). The van der Waals surface area contributed by atoms with Crippen molar-refractivity contribution in [1.82, 2.24) is 20.8 Å². The number of amides is 4. The summed E-state index contributed by atoms with van der Waals surface area (Å²) in [5.41, 5.74) is 1.59. The van der Waals surface area contributed by atoms with E-state index < -0.39 is 29.7 Å². The summed E-state index contributed by atoms with van der Waals surface area (Å²) in [7, 11) is 0. The molecular formula is C16H26N4O6. The summed E-state index contributed by atoms with van der Waals surface area (Å²) in [5.74, 6) is -0.421. The predicted molar refractivity (Wildman–Crippen MR) is 87.9 cm³/mol. The quantitative estimate of drug-likeness (QED) is 0.370. The molecule has 146 valence electrons. The van der Waals surface area contributed by atoms with E-state index in [0.717, 1.165) is 17.9 Å². The second-order valence-corrected chi connectivity index (χ2v) is 8.12. The standard InChI is InChI=1S/C16H26N4O6/c1-15(2,3)26-13(22)17-6-7-25-18-12(21)10-8-16(4-5-16)11-9-19(10)14(23)20(11)24/h10-11,24H,4-9H2,1-3H3,(H,17,22)(H,18,21)/t10-,11-/m0/s1. The van der Waals surface area contributed by atoms with Crippen LogP contribution in [0.3, 0.4) is 0 Å². The average Bonchev–Trinajstić information content (AvgIpc) is 3.25. The number of nitrogens with one attached hydrogen (secondary N) is 2. The van der Waals surface area contributed by atoms with Gasteiger partial charge in [-0.25, -0.2) is 20.1 Å². The lowest BCUT2D eigenvalue weighted by molar-refractivity contribution is -0.139. The van der Waals surface area contributed by atoms with Gasteiger partial charge >= 0.3 is 12.1 Å². The van der Waals surface area contributed by atoms with Gasteiger partial charge < -0.3 is 15.0 Å². The lowest BCUT2D eigenvalue weighted by atomic mass is 9.85. The second kappa shape index (κ2) is 6.58. The summed E-state index contributed by atoms with van der Waals surface area (Å²) >= 11 is 0. The fourth-order valence-electron chi connectivity index (χ4n) is 3.59. The van der Waals surface area contributed by atoms with Gasteiger partial charge in [0.25, 0.3) is 5.91 Å². The van der Waals surface area contributed by atoms with Crippen LogP contribution in [0.4, 0.5) is 9.59 Å². The van der Waals surface area contributed by atoms with Crippen LogP contribution in [0.5, 0.6) is 0 Å². The summed E-state index contributed by atoms with van der Waals surface area (Å²) in [6, 6.07) is -1.42. The molecule has 0 aromatic rings. The molecule has 3 N–H and O–H groups in total. The lowest BCUT2D eigenvalue weighted by Crippen LogP contribution is -2.52. The van der Waals surface area contributed by atoms with E-state index in [0.29, 0.717) is 13.0 Å². The van der Waals surface area contributed by atoms with Crippen molar-refractivity contribution in [3.05, 3.63) is 0 Å². The van der Waals surface area contributed by atoms with Gasteiger partial charge in [-0.05, 0) is 45.4 Å². The maximum atomic E-state index is 12.4. The molecule has 10 nitrogen and oxygen atoms in total. The van der Waals surface area contributed by atoms with Crippen LogP contribution in [0.1, 0.15) is 40.0 Å². The van der Waals surface area contributed by atoms with Crippen molar-refractivity contribution >= 4 is 18.0 Å². The van der Waals surface area contributed by atoms with E-state index in [1.807, 2.05) is 0 Å². The Bertz CT molecular complexity index is 600. The maximum Gasteiger partial charge on any atom is 0.407 e. The van der Waals surface area contributed by atoms with Gasteiger partial charge in [0.1, 0.15) is 11.6 Å². The molecule has 1 saturated carbocycles. The van der Waals surface area contributed by atoms with Gasteiger partial charge in [0, 0.05) is 13.1 Å². The minimum atomic E-state index is -0.655. The minimum absolute atomic E-state index is 0.0611. The molecule has 1 spiro atoms. The highest BCUT2D eigenvalue weighted by molar-refractivity contribution is 5.88. The zero-order chi connectivity index (χ0) is 19.1. The topological polar surface area (TPSA) is 120 Å². The van der Waals surface area contributed by atoms with Crippen LogP contribution in [-0.2, 0) is 14.4 Å². The van der Waals surface area contributed by atoms with Gasteiger partial charge in [0.2, 0.25) is 0 Å². The number of rotatable bonds is 5. The van der Waals surface area contributed by atoms with Crippen molar-refractivity contribution < 1.29 is 29.2 Å². The van der Waals surface area contributed by atoms with Crippen LogP contribution in [0.2, 0.25) is 0 Å². The molecule has 2 heterocycles. The highest BCUT2D eigenvalue weighted by Crippen LogP contribution is 2.58. The predicted octanol–water partition coefficient (Wildman–Crippen LogP) is 0.607. The zero-order valence-electron chi connectivity index (χ0n) is 15.3. The number of nitrogens with zero attached hydrogens (tertiary/aromatic N) is 2. The fraction of sp³-hybridized carbons (Fsp3) is 0.812. The molecule has 26 heavy (non-hydrogen) atoms. The Balaban J connectivity index is 1.42. The van der Waals surface area contributed by atoms with Crippen molar-refractivity contribution in [3.63, 3.8) is 0 Å². The number of hydrogen-bond acceptors (Lipinski definition) is 6. The molecule has 2 saturated heterocycles. The average molecular weight is 370 g/mol. The number of hydrogen-bond donors (Lipinski definition) is 3. The Morgan fingerprint density at radius 1 is 1.35 bits per heavy atom. The second-order valence-electron chi connectivity index (χ2n) is 8.12. The zero-order valence-corrected chi connectivity index (χ0v) is 15.3. The van der Waals surface area contributed by atoms with Crippen molar-refractivity contribution in [3.8, 4) is 0 Å². The highest BCUT2D eigenvalue weighted by atomic mass is 16.7. The molecule has 0 aromatic heterocycles. The van der Waals surface area contributed by atoms with Crippen molar-refractivity contribution in [2.75, 3.05) is 19.7 Å². The van der Waals surface area contributed by atoms with E-state index >= 15 is 0 Å².